The molecule has 0 aliphatic heterocycles. The minimum Gasteiger partial charge on any atom is -0.355 e. The molecular formula is C13H20N4O. The third-order valence-electron chi connectivity index (χ3n) is 3.07. The normalized spacial score (nSPS) is 11.1. The van der Waals surface area contributed by atoms with Crippen LogP contribution >= 0.6 is 0 Å². The molecule has 0 saturated heterocycles. The number of anilines is 1. The molecule has 0 aliphatic rings. The molecule has 0 aliphatic carbocycles. The quantitative estimate of drug-likeness (QED) is 0.879. The molecule has 5 heteroatoms. The molecule has 0 radical (unpaired) electrons. The number of fused-ring (bicyclic) bond motifs is 1. The molecule has 0 aromatic carbocycles. The van der Waals surface area contributed by atoms with Crippen LogP contribution in [0.5, 0.6) is 0 Å². The molecule has 0 unspecified atom stereocenters. The molecule has 98 valence electrons. The summed E-state index contributed by atoms with van der Waals surface area (Å²) in [4.78, 5) is 21.2. The van der Waals surface area contributed by atoms with Gasteiger partial charge in [0.25, 0.3) is 0 Å². The monoisotopic (exact) mass is 248 g/mol. The Morgan fingerprint density at radius 3 is 2.61 bits per heavy atom. The number of aromatic amines is 1. The Morgan fingerprint density at radius 2 is 2.00 bits per heavy atom. The number of aromatic nitrogens is 3. The predicted octanol–water partition coefficient (Wildman–Crippen LogP) is 1.89. The van der Waals surface area contributed by atoms with Gasteiger partial charge in [-0.25, -0.2) is 9.78 Å². The number of hydrogen-bond acceptors (Lipinski definition) is 3. The van der Waals surface area contributed by atoms with Crippen LogP contribution in [0.25, 0.3) is 11.0 Å². The Morgan fingerprint density at radius 1 is 1.33 bits per heavy atom. The van der Waals surface area contributed by atoms with Crippen LogP contribution in [0.15, 0.2) is 17.1 Å². The van der Waals surface area contributed by atoms with Gasteiger partial charge >= 0.3 is 5.69 Å². The Labute approximate surface area is 106 Å². The van der Waals surface area contributed by atoms with Crippen molar-refractivity contribution < 1.29 is 0 Å². The number of imidazole rings is 1. The summed E-state index contributed by atoms with van der Waals surface area (Å²) in [6, 6.07) is 1.84. The number of nitrogens with one attached hydrogen (secondary N) is 1. The molecule has 5 nitrogen and oxygen atoms in total. The smallest absolute Gasteiger partial charge is 0.326 e. The zero-order chi connectivity index (χ0) is 13.1. The molecule has 0 amide bonds. The third-order valence-corrected chi connectivity index (χ3v) is 3.07. The maximum atomic E-state index is 11.7. The van der Waals surface area contributed by atoms with Crippen LogP contribution in [-0.4, -0.2) is 27.6 Å². The SMILES string of the molecule is CCCN(CCC)c1nccc2[nH]c(=O)n(C)c12. The van der Waals surface area contributed by atoms with Gasteiger partial charge in [0.15, 0.2) is 5.82 Å². The Hall–Kier alpha value is -1.78. The van der Waals surface area contributed by atoms with Crippen molar-refractivity contribution in [3.8, 4) is 0 Å². The van der Waals surface area contributed by atoms with Gasteiger partial charge in [-0.05, 0) is 18.9 Å². The summed E-state index contributed by atoms with van der Waals surface area (Å²) >= 11 is 0. The summed E-state index contributed by atoms with van der Waals surface area (Å²) in [6.45, 7) is 6.22. The topological polar surface area (TPSA) is 53.9 Å². The lowest BCUT2D eigenvalue weighted by molar-refractivity contribution is 0.734. The molecule has 0 fully saturated rings. The maximum Gasteiger partial charge on any atom is 0.326 e. The van der Waals surface area contributed by atoms with Crippen LogP contribution in [-0.2, 0) is 7.05 Å². The lowest BCUT2D eigenvalue weighted by Crippen LogP contribution is -2.26. The molecule has 2 heterocycles. The Kier molecular flexibility index (Phi) is 3.69. The Bertz CT molecular complexity index is 578. The summed E-state index contributed by atoms with van der Waals surface area (Å²) < 4.78 is 1.63. The molecule has 18 heavy (non-hydrogen) atoms. The summed E-state index contributed by atoms with van der Waals surface area (Å²) in [5.74, 6) is 0.900. The van der Waals surface area contributed by atoms with E-state index >= 15 is 0 Å². The number of pyridine rings is 1. The fourth-order valence-corrected chi connectivity index (χ4v) is 2.27. The van der Waals surface area contributed by atoms with Crippen molar-refractivity contribution in [1.82, 2.24) is 14.5 Å². The van der Waals surface area contributed by atoms with E-state index in [9.17, 15) is 4.79 Å². The fraction of sp³-hybridized carbons (Fsp3) is 0.538. The predicted molar refractivity (Wildman–Crippen MR) is 74.1 cm³/mol. The van der Waals surface area contributed by atoms with Crippen molar-refractivity contribution >= 4 is 16.9 Å². The van der Waals surface area contributed by atoms with E-state index in [1.165, 1.54) is 0 Å². The van der Waals surface area contributed by atoms with E-state index in [0.717, 1.165) is 42.8 Å². The second-order valence-corrected chi connectivity index (χ2v) is 4.51. The lowest BCUT2D eigenvalue weighted by Gasteiger charge is -2.23. The third kappa shape index (κ3) is 2.12. The first-order chi connectivity index (χ1) is 8.69. The molecular weight excluding hydrogens is 228 g/mol. The molecule has 0 spiro atoms. The van der Waals surface area contributed by atoms with Crippen LogP contribution in [0.3, 0.4) is 0 Å². The second kappa shape index (κ2) is 5.25. The number of nitrogens with zero attached hydrogens (tertiary/aromatic N) is 3. The van der Waals surface area contributed by atoms with Gasteiger partial charge in [0.05, 0.1) is 5.52 Å². The van der Waals surface area contributed by atoms with Gasteiger partial charge in [-0.1, -0.05) is 13.8 Å². The van der Waals surface area contributed by atoms with Crippen molar-refractivity contribution in [3.05, 3.63) is 22.7 Å². The number of aryl methyl sites for hydroxylation is 1. The van der Waals surface area contributed by atoms with Crippen molar-refractivity contribution in [2.45, 2.75) is 26.7 Å². The zero-order valence-corrected chi connectivity index (χ0v) is 11.2. The minimum absolute atomic E-state index is 0.0906. The highest BCUT2D eigenvalue weighted by atomic mass is 16.1. The highest BCUT2D eigenvalue weighted by Crippen LogP contribution is 2.22. The van der Waals surface area contributed by atoms with Gasteiger partial charge in [-0.15, -0.1) is 0 Å². The molecule has 0 bridgehead atoms. The first-order valence-electron chi connectivity index (χ1n) is 6.47. The highest BCUT2D eigenvalue weighted by Gasteiger charge is 2.14. The van der Waals surface area contributed by atoms with Crippen molar-refractivity contribution in [1.29, 1.82) is 0 Å². The number of rotatable bonds is 5. The summed E-state index contributed by atoms with van der Waals surface area (Å²) in [5, 5.41) is 0. The van der Waals surface area contributed by atoms with Gasteiger partial charge in [0, 0.05) is 26.3 Å². The first-order valence-corrected chi connectivity index (χ1v) is 6.47. The van der Waals surface area contributed by atoms with Crippen molar-refractivity contribution in [2.24, 2.45) is 7.05 Å². The van der Waals surface area contributed by atoms with Crippen LogP contribution in [0.2, 0.25) is 0 Å². The summed E-state index contributed by atoms with van der Waals surface area (Å²) in [6.07, 6.45) is 3.89. The first kappa shape index (κ1) is 12.7. The molecule has 2 aromatic heterocycles. The van der Waals surface area contributed by atoms with Crippen molar-refractivity contribution in [2.75, 3.05) is 18.0 Å². The van der Waals surface area contributed by atoms with Crippen molar-refractivity contribution in [3.63, 3.8) is 0 Å². The summed E-state index contributed by atoms with van der Waals surface area (Å²) in [5.41, 5.74) is 1.65. The van der Waals surface area contributed by atoms with Crippen LogP contribution in [0, 0.1) is 0 Å². The van der Waals surface area contributed by atoms with Gasteiger partial charge < -0.3 is 9.88 Å². The van der Waals surface area contributed by atoms with Gasteiger partial charge in [-0.3, -0.25) is 4.57 Å². The van der Waals surface area contributed by atoms with Gasteiger partial charge in [0.1, 0.15) is 5.52 Å². The van der Waals surface area contributed by atoms with E-state index in [2.05, 4.69) is 28.7 Å². The zero-order valence-electron chi connectivity index (χ0n) is 11.2. The molecule has 1 N–H and O–H groups in total. The van der Waals surface area contributed by atoms with E-state index in [4.69, 9.17) is 0 Å². The molecule has 2 rings (SSSR count). The van der Waals surface area contributed by atoms with E-state index in [1.807, 2.05) is 6.07 Å². The molecule has 2 aromatic rings. The summed E-state index contributed by atoms with van der Waals surface area (Å²) in [7, 11) is 1.78. The number of H-pyrrole nitrogens is 1. The van der Waals surface area contributed by atoms with Crippen LogP contribution in [0.1, 0.15) is 26.7 Å². The fourth-order valence-electron chi connectivity index (χ4n) is 2.27. The van der Waals surface area contributed by atoms with Gasteiger partial charge in [0.2, 0.25) is 0 Å². The second-order valence-electron chi connectivity index (χ2n) is 4.51. The van der Waals surface area contributed by atoms with E-state index in [1.54, 1.807) is 17.8 Å². The lowest BCUT2D eigenvalue weighted by atomic mass is 10.3. The van der Waals surface area contributed by atoms with Crippen LogP contribution in [0.4, 0.5) is 5.82 Å². The maximum absolute atomic E-state index is 11.7. The van der Waals surface area contributed by atoms with E-state index in [-0.39, 0.29) is 5.69 Å². The van der Waals surface area contributed by atoms with E-state index in [0.29, 0.717) is 0 Å². The Balaban J connectivity index is 2.57. The number of hydrogen-bond donors (Lipinski definition) is 1. The molecule has 0 atom stereocenters. The highest BCUT2D eigenvalue weighted by molar-refractivity contribution is 5.86. The minimum atomic E-state index is -0.0906. The molecule has 0 saturated carbocycles. The van der Waals surface area contributed by atoms with Gasteiger partial charge in [-0.2, -0.15) is 0 Å². The standard InChI is InChI=1S/C13H20N4O/c1-4-8-17(9-5-2)12-11-10(6-7-14-12)15-13(18)16(11)3/h6-7H,4-5,8-9H2,1-3H3,(H,15,18). The van der Waals surface area contributed by atoms with E-state index < -0.39 is 0 Å². The van der Waals surface area contributed by atoms with Crippen LogP contribution < -0.4 is 10.6 Å². The average Bonchev–Trinajstić information content (AvgIpc) is 2.65. The average molecular weight is 248 g/mol. The largest absolute Gasteiger partial charge is 0.355 e.